The van der Waals surface area contributed by atoms with Crippen molar-refractivity contribution in [3.05, 3.63) is 70.3 Å². The second kappa shape index (κ2) is 10.9. The molecule has 5 nitrogen and oxygen atoms in total. The van der Waals surface area contributed by atoms with Crippen molar-refractivity contribution in [3.8, 4) is 5.75 Å². The molecule has 0 aliphatic carbocycles. The number of nitrogens with zero attached hydrogens (tertiary/aromatic N) is 1. The van der Waals surface area contributed by atoms with Gasteiger partial charge in [0, 0.05) is 12.1 Å². The Morgan fingerprint density at radius 1 is 1.00 bits per heavy atom. The van der Waals surface area contributed by atoms with Gasteiger partial charge in [0.25, 0.3) is 11.7 Å². The molecule has 1 aliphatic heterocycles. The number of aliphatic hydroxyl groups is 1. The summed E-state index contributed by atoms with van der Waals surface area (Å²) in [6.45, 7) is 13.4. The number of Topliss-reactive ketones (excluding diaryl/α,β-unsaturated/α-hetero) is 1. The van der Waals surface area contributed by atoms with Gasteiger partial charge < -0.3 is 14.7 Å². The molecule has 1 aliphatic rings. The zero-order valence-corrected chi connectivity index (χ0v) is 21.2. The summed E-state index contributed by atoms with van der Waals surface area (Å²) in [6, 6.07) is 12.8. The van der Waals surface area contributed by atoms with Crippen LogP contribution in [0.2, 0.25) is 0 Å². The van der Waals surface area contributed by atoms with Crippen molar-refractivity contribution in [2.45, 2.75) is 72.3 Å². The Balaban J connectivity index is 2.16. The average Bonchev–Trinajstić information content (AvgIpc) is 3.07. The molecule has 0 bridgehead atoms. The fraction of sp³-hybridized carbons (Fsp3) is 0.448. The van der Waals surface area contributed by atoms with E-state index < -0.39 is 17.7 Å². The summed E-state index contributed by atoms with van der Waals surface area (Å²) < 4.78 is 5.75. The van der Waals surface area contributed by atoms with Gasteiger partial charge in [-0.1, -0.05) is 65.3 Å². The Morgan fingerprint density at radius 3 is 2.24 bits per heavy atom. The summed E-state index contributed by atoms with van der Waals surface area (Å²) in [5.41, 5.74) is 3.63. The lowest BCUT2D eigenvalue weighted by atomic mass is 9.92. The molecule has 3 rings (SSSR count). The van der Waals surface area contributed by atoms with E-state index in [-0.39, 0.29) is 17.3 Å². The third-order valence-corrected chi connectivity index (χ3v) is 6.42. The van der Waals surface area contributed by atoms with Crippen LogP contribution < -0.4 is 4.74 Å². The molecule has 1 atom stereocenters. The molecule has 0 radical (unpaired) electrons. The molecule has 182 valence electrons. The quantitative estimate of drug-likeness (QED) is 0.260. The van der Waals surface area contributed by atoms with Crippen molar-refractivity contribution in [1.29, 1.82) is 0 Å². The highest BCUT2D eigenvalue weighted by Crippen LogP contribution is 2.41. The zero-order valence-electron chi connectivity index (χ0n) is 21.2. The first kappa shape index (κ1) is 25.5. The molecule has 2 aromatic carbocycles. The first-order chi connectivity index (χ1) is 16.2. The topological polar surface area (TPSA) is 66.8 Å². The van der Waals surface area contributed by atoms with Gasteiger partial charge in [-0.15, -0.1) is 0 Å². The van der Waals surface area contributed by atoms with E-state index in [1.807, 2.05) is 43.3 Å². The van der Waals surface area contributed by atoms with Crippen molar-refractivity contribution in [2.75, 3.05) is 13.2 Å². The van der Waals surface area contributed by atoms with Crippen LogP contribution in [0, 0.1) is 0 Å². The highest BCUT2D eigenvalue weighted by Gasteiger charge is 2.45. The SMILES string of the molecule is CCCCN1C(=O)C(=O)/C(=C(\O)c2ccc(OCC)c(C(C)C)c2)C1c1ccc(C(C)C)cc1. The summed E-state index contributed by atoms with van der Waals surface area (Å²) in [6.07, 6.45) is 1.69. The van der Waals surface area contributed by atoms with Crippen LogP contribution in [0.15, 0.2) is 48.0 Å². The second-order valence-electron chi connectivity index (χ2n) is 9.51. The highest BCUT2D eigenvalue weighted by atomic mass is 16.5. The number of ether oxygens (including phenoxy) is 1. The standard InChI is InChI=1S/C29H37NO4/c1-7-9-16-30-26(21-12-10-20(11-13-21)18(3)4)25(28(32)29(30)33)27(31)22-14-15-24(34-8-2)23(17-22)19(5)6/h10-15,17-19,26,31H,7-9,16H2,1-6H3/b27-25-. The molecule has 1 N–H and O–H groups in total. The number of hydrogen-bond donors (Lipinski definition) is 1. The fourth-order valence-electron chi connectivity index (χ4n) is 4.44. The van der Waals surface area contributed by atoms with Crippen molar-refractivity contribution in [3.63, 3.8) is 0 Å². The maximum atomic E-state index is 13.2. The summed E-state index contributed by atoms with van der Waals surface area (Å²) in [4.78, 5) is 27.9. The van der Waals surface area contributed by atoms with E-state index in [4.69, 9.17) is 4.74 Å². The third kappa shape index (κ3) is 5.03. The van der Waals surface area contributed by atoms with Crippen LogP contribution >= 0.6 is 0 Å². The van der Waals surface area contributed by atoms with Crippen molar-refractivity contribution in [1.82, 2.24) is 4.90 Å². The lowest BCUT2D eigenvalue weighted by molar-refractivity contribution is -0.139. The molecule has 1 heterocycles. The van der Waals surface area contributed by atoms with Crippen molar-refractivity contribution in [2.24, 2.45) is 0 Å². The van der Waals surface area contributed by atoms with Crippen LogP contribution in [0.5, 0.6) is 5.75 Å². The van der Waals surface area contributed by atoms with Crippen LogP contribution in [0.3, 0.4) is 0 Å². The van der Waals surface area contributed by atoms with E-state index in [1.165, 1.54) is 5.56 Å². The number of likely N-dealkylation sites (tertiary alicyclic amines) is 1. The van der Waals surface area contributed by atoms with Crippen LogP contribution in [0.25, 0.3) is 5.76 Å². The summed E-state index contributed by atoms with van der Waals surface area (Å²) in [5.74, 6) is -0.0209. The minimum atomic E-state index is -0.633. The number of carbonyl (C=O) groups is 2. The molecule has 0 saturated carbocycles. The van der Waals surface area contributed by atoms with Gasteiger partial charge in [0.1, 0.15) is 11.5 Å². The Hall–Kier alpha value is -3.08. The minimum Gasteiger partial charge on any atom is -0.507 e. The predicted molar refractivity (Wildman–Crippen MR) is 136 cm³/mol. The van der Waals surface area contributed by atoms with E-state index in [0.29, 0.717) is 24.6 Å². The van der Waals surface area contributed by atoms with Gasteiger partial charge in [-0.2, -0.15) is 0 Å². The van der Waals surface area contributed by atoms with Gasteiger partial charge in [-0.05, 0) is 60.1 Å². The second-order valence-corrected chi connectivity index (χ2v) is 9.51. The number of benzene rings is 2. The number of unbranched alkanes of at least 4 members (excludes halogenated alkanes) is 1. The molecule has 1 amide bonds. The van der Waals surface area contributed by atoms with E-state index in [0.717, 1.165) is 29.7 Å². The first-order valence-corrected chi connectivity index (χ1v) is 12.4. The average molecular weight is 464 g/mol. The van der Waals surface area contributed by atoms with Gasteiger partial charge in [-0.3, -0.25) is 9.59 Å². The van der Waals surface area contributed by atoms with E-state index in [9.17, 15) is 14.7 Å². The largest absolute Gasteiger partial charge is 0.507 e. The fourth-order valence-corrected chi connectivity index (χ4v) is 4.44. The summed E-state index contributed by atoms with van der Waals surface area (Å²) >= 11 is 0. The molecular formula is C29H37NO4. The summed E-state index contributed by atoms with van der Waals surface area (Å²) in [7, 11) is 0. The van der Waals surface area contributed by atoms with Gasteiger partial charge in [0.15, 0.2) is 0 Å². The highest BCUT2D eigenvalue weighted by molar-refractivity contribution is 6.46. The van der Waals surface area contributed by atoms with E-state index >= 15 is 0 Å². The van der Waals surface area contributed by atoms with Crippen LogP contribution in [-0.2, 0) is 9.59 Å². The molecule has 34 heavy (non-hydrogen) atoms. The monoisotopic (exact) mass is 463 g/mol. The van der Waals surface area contributed by atoms with Gasteiger partial charge >= 0.3 is 0 Å². The Morgan fingerprint density at radius 2 is 1.68 bits per heavy atom. The number of rotatable bonds is 9. The molecule has 0 spiro atoms. The number of ketones is 1. The molecule has 1 fully saturated rings. The molecule has 0 aromatic heterocycles. The minimum absolute atomic E-state index is 0.139. The van der Waals surface area contributed by atoms with Gasteiger partial charge in [0.05, 0.1) is 18.2 Å². The maximum Gasteiger partial charge on any atom is 0.295 e. The van der Waals surface area contributed by atoms with Crippen LogP contribution in [-0.4, -0.2) is 34.8 Å². The summed E-state index contributed by atoms with van der Waals surface area (Å²) in [5, 5.41) is 11.4. The number of carbonyl (C=O) groups excluding carboxylic acids is 2. The maximum absolute atomic E-state index is 13.2. The van der Waals surface area contributed by atoms with E-state index in [2.05, 4.69) is 34.6 Å². The lowest BCUT2D eigenvalue weighted by Crippen LogP contribution is -2.30. The molecule has 5 heteroatoms. The smallest absolute Gasteiger partial charge is 0.295 e. The first-order valence-electron chi connectivity index (χ1n) is 12.4. The van der Waals surface area contributed by atoms with Crippen molar-refractivity contribution < 1.29 is 19.4 Å². The van der Waals surface area contributed by atoms with Crippen LogP contribution in [0.4, 0.5) is 0 Å². The number of amides is 1. The normalized spacial score (nSPS) is 17.8. The molecule has 2 aromatic rings. The Bertz CT molecular complexity index is 1070. The van der Waals surface area contributed by atoms with Gasteiger partial charge in [-0.25, -0.2) is 0 Å². The van der Waals surface area contributed by atoms with Gasteiger partial charge in [0.2, 0.25) is 0 Å². The predicted octanol–water partition coefficient (Wildman–Crippen LogP) is 6.55. The lowest BCUT2D eigenvalue weighted by Gasteiger charge is -2.25. The molecular weight excluding hydrogens is 426 g/mol. The molecule has 1 unspecified atom stereocenters. The van der Waals surface area contributed by atoms with Crippen molar-refractivity contribution >= 4 is 17.4 Å². The third-order valence-electron chi connectivity index (χ3n) is 6.42. The Kier molecular flexibility index (Phi) is 8.19. The zero-order chi connectivity index (χ0) is 25.0. The Labute approximate surface area is 203 Å². The number of aliphatic hydroxyl groups excluding tert-OH is 1. The number of hydrogen-bond acceptors (Lipinski definition) is 4. The molecule has 1 saturated heterocycles. The van der Waals surface area contributed by atoms with Crippen LogP contribution in [0.1, 0.15) is 94.5 Å². The van der Waals surface area contributed by atoms with E-state index in [1.54, 1.807) is 11.0 Å².